The minimum atomic E-state index is -0.430. The molecule has 0 radical (unpaired) electrons. The first kappa shape index (κ1) is 41.4. The van der Waals surface area contributed by atoms with E-state index in [4.69, 9.17) is 9.72 Å². The molecule has 4 fully saturated rings. The van der Waals surface area contributed by atoms with Gasteiger partial charge in [-0.3, -0.25) is 29.3 Å². The number of methoxy groups -OCH3 is 1. The maximum Gasteiger partial charge on any atom is 0.329 e. The number of piperidine rings is 1. The van der Waals surface area contributed by atoms with Crippen LogP contribution in [0.15, 0.2) is 42.6 Å². The Morgan fingerprint density at radius 2 is 1.76 bits per heavy atom. The minimum Gasteiger partial charge on any atom is -0.495 e. The van der Waals surface area contributed by atoms with E-state index >= 15 is 0 Å². The molecule has 4 aromatic rings. The summed E-state index contributed by atoms with van der Waals surface area (Å²) in [5, 5.41) is 14.5. The van der Waals surface area contributed by atoms with E-state index in [0.717, 1.165) is 93.4 Å². The van der Waals surface area contributed by atoms with Gasteiger partial charge < -0.3 is 35.0 Å². The Morgan fingerprint density at radius 1 is 0.984 bits per heavy atom. The minimum absolute atomic E-state index is 0.0756. The first-order valence-corrected chi connectivity index (χ1v) is 22.2. The van der Waals surface area contributed by atoms with Crippen molar-refractivity contribution in [2.24, 2.45) is 13.0 Å². The molecule has 2 aromatic heterocycles. The van der Waals surface area contributed by atoms with Gasteiger partial charge in [0, 0.05) is 81.5 Å². The molecule has 3 N–H and O–H groups in total. The Labute approximate surface area is 362 Å². The Morgan fingerprint density at radius 3 is 2.48 bits per heavy atom. The number of aromatic nitrogens is 4. The van der Waals surface area contributed by atoms with Gasteiger partial charge in [-0.2, -0.15) is 10.1 Å². The molecule has 2 saturated heterocycles. The first-order chi connectivity index (χ1) is 30.0. The van der Waals surface area contributed by atoms with E-state index in [-0.39, 0.29) is 42.3 Å². The summed E-state index contributed by atoms with van der Waals surface area (Å²) in [5.41, 5.74) is 3.97. The number of fused-ring (bicyclic) bond motifs is 2. The second-order valence-electron chi connectivity index (χ2n) is 17.7. The van der Waals surface area contributed by atoms with Gasteiger partial charge in [-0.15, -0.1) is 0 Å². The SMILES string of the molecule is CC[C@@H]1C(=O)N(C)c2cnc(Nc3ccc(C(=O)NC4CC(N(C)CC5CCN(c6ccc7c(N8CCC(=O)NC8=O)nn(C)c7c6)CC5)C4)cc3OC)nc2N1C1CCCC1. The Kier molecular flexibility index (Phi) is 11.4. The molecule has 328 valence electrons. The molecule has 0 unspecified atom stereocenters. The molecular formula is C45H58N12O5. The Bertz CT molecular complexity index is 2370. The fraction of sp³-hybridized carbons (Fsp3) is 0.533. The number of hydrogen-bond acceptors (Lipinski definition) is 12. The summed E-state index contributed by atoms with van der Waals surface area (Å²) >= 11 is 0. The molecule has 5 aliphatic rings. The van der Waals surface area contributed by atoms with Crippen molar-refractivity contribution >= 4 is 69.3 Å². The van der Waals surface area contributed by atoms with Gasteiger partial charge in [0.1, 0.15) is 17.5 Å². The normalized spacial score (nSPS) is 22.3. The largest absolute Gasteiger partial charge is 0.495 e. The number of benzene rings is 2. The molecule has 3 aliphatic heterocycles. The maximum atomic E-state index is 13.5. The monoisotopic (exact) mass is 846 g/mol. The van der Waals surface area contributed by atoms with E-state index in [1.54, 1.807) is 47.0 Å². The average molecular weight is 847 g/mol. The topological polar surface area (TPSA) is 173 Å². The summed E-state index contributed by atoms with van der Waals surface area (Å²) in [4.78, 5) is 70.8. The van der Waals surface area contributed by atoms with E-state index in [9.17, 15) is 19.2 Å². The van der Waals surface area contributed by atoms with Crippen molar-refractivity contribution in [1.29, 1.82) is 0 Å². The quantitative estimate of drug-likeness (QED) is 0.171. The molecule has 0 bridgehead atoms. The van der Waals surface area contributed by atoms with Gasteiger partial charge in [0.2, 0.25) is 17.8 Å². The molecule has 17 nitrogen and oxygen atoms in total. The van der Waals surface area contributed by atoms with Crippen molar-refractivity contribution in [2.45, 2.75) is 95.3 Å². The summed E-state index contributed by atoms with van der Waals surface area (Å²) in [6.07, 6.45) is 11.1. The number of hydrogen-bond donors (Lipinski definition) is 3. The zero-order chi connectivity index (χ0) is 43.2. The van der Waals surface area contributed by atoms with Crippen molar-refractivity contribution in [3.8, 4) is 5.75 Å². The molecule has 17 heteroatoms. The number of aryl methyl sites for hydroxylation is 1. The van der Waals surface area contributed by atoms with Gasteiger partial charge in [0.15, 0.2) is 11.6 Å². The second kappa shape index (κ2) is 17.1. The van der Waals surface area contributed by atoms with Crippen molar-refractivity contribution in [1.82, 2.24) is 35.3 Å². The van der Waals surface area contributed by atoms with Gasteiger partial charge in [-0.25, -0.2) is 9.78 Å². The van der Waals surface area contributed by atoms with E-state index in [2.05, 4.69) is 66.8 Å². The van der Waals surface area contributed by atoms with E-state index < -0.39 is 6.03 Å². The zero-order valence-corrected chi connectivity index (χ0v) is 36.4. The number of ether oxygens (including phenoxy) is 1. The third-order valence-electron chi connectivity index (χ3n) is 13.8. The molecule has 2 aliphatic carbocycles. The average Bonchev–Trinajstić information content (AvgIpc) is 3.91. The number of carbonyl (C=O) groups excluding carboxylic acids is 4. The van der Waals surface area contributed by atoms with Crippen molar-refractivity contribution < 1.29 is 23.9 Å². The molecule has 5 heterocycles. The van der Waals surface area contributed by atoms with Crippen LogP contribution in [0.4, 0.5) is 39.4 Å². The van der Waals surface area contributed by atoms with Crippen molar-refractivity contribution in [3.05, 3.63) is 48.2 Å². The smallest absolute Gasteiger partial charge is 0.329 e. The molecule has 0 spiro atoms. The highest BCUT2D eigenvalue weighted by Gasteiger charge is 2.41. The Balaban J connectivity index is 0.758. The lowest BCUT2D eigenvalue weighted by atomic mass is 9.84. The van der Waals surface area contributed by atoms with Crippen LogP contribution >= 0.6 is 0 Å². The lowest BCUT2D eigenvalue weighted by molar-refractivity contribution is -0.121. The second-order valence-corrected chi connectivity index (χ2v) is 17.7. The third kappa shape index (κ3) is 7.86. The van der Waals surface area contributed by atoms with Crippen LogP contribution in [0.1, 0.15) is 81.5 Å². The number of nitrogens with zero attached hydrogens (tertiary/aromatic N) is 9. The third-order valence-corrected chi connectivity index (χ3v) is 13.8. The van der Waals surface area contributed by atoms with E-state index in [1.807, 2.05) is 19.2 Å². The highest BCUT2D eigenvalue weighted by atomic mass is 16.5. The van der Waals surface area contributed by atoms with Crippen LogP contribution < -0.4 is 40.3 Å². The summed E-state index contributed by atoms with van der Waals surface area (Å²) in [6, 6.07) is 11.8. The predicted octanol–water partition coefficient (Wildman–Crippen LogP) is 5.18. The van der Waals surface area contributed by atoms with Gasteiger partial charge in [0.25, 0.3) is 5.91 Å². The molecule has 2 aromatic carbocycles. The van der Waals surface area contributed by atoms with Crippen LogP contribution in [-0.4, -0.2) is 120 Å². The number of amides is 5. The number of anilines is 6. The van der Waals surface area contributed by atoms with Crippen molar-refractivity contribution in [2.75, 3.05) is 72.3 Å². The number of nitrogens with one attached hydrogen (secondary N) is 3. The number of likely N-dealkylation sites (N-methyl/N-ethyl adjacent to an activating group) is 1. The molecule has 2 saturated carbocycles. The summed E-state index contributed by atoms with van der Waals surface area (Å²) in [6.45, 7) is 5.32. The van der Waals surface area contributed by atoms with Crippen molar-refractivity contribution in [3.63, 3.8) is 0 Å². The van der Waals surface area contributed by atoms with Crippen LogP contribution in [0.2, 0.25) is 0 Å². The van der Waals surface area contributed by atoms with E-state index in [0.29, 0.717) is 59.4 Å². The number of rotatable bonds is 12. The molecule has 62 heavy (non-hydrogen) atoms. The molecular weight excluding hydrogens is 789 g/mol. The number of carbonyl (C=O) groups is 4. The summed E-state index contributed by atoms with van der Waals surface area (Å²) in [5.74, 6) is 2.54. The number of imide groups is 1. The van der Waals surface area contributed by atoms with Gasteiger partial charge >= 0.3 is 6.03 Å². The lowest BCUT2D eigenvalue weighted by Crippen LogP contribution is -2.55. The summed E-state index contributed by atoms with van der Waals surface area (Å²) < 4.78 is 7.55. The standard InChI is InChI=1S/C45H58N12O5/c1-6-35-43(60)53(3)37-25-46-44(50-41(37)57(35)30-9-7-8-10-30)48-34-14-11-28(21-38(34)62-5)42(59)47-29-22-32(23-29)52(2)26-27-15-18-55(19-16-27)31-12-13-33-36(24-31)54(4)51-40(33)56-20-17-39(58)49-45(56)61/h11-14,21,24-25,27,29-30,32,35H,6-10,15-20,22-23,26H2,1-5H3,(H,47,59)(H,46,48,50)(H,49,58,61)/t29?,32?,35-/m1/s1. The Hall–Kier alpha value is -5.97. The highest BCUT2D eigenvalue weighted by molar-refractivity contribution is 6.09. The molecule has 9 rings (SSSR count). The van der Waals surface area contributed by atoms with Gasteiger partial charge in [-0.05, 0) is 94.3 Å². The van der Waals surface area contributed by atoms with E-state index in [1.165, 1.54) is 0 Å². The molecule has 5 amide bonds. The number of urea groups is 1. The van der Waals surface area contributed by atoms with Crippen LogP contribution in [0.3, 0.4) is 0 Å². The first-order valence-electron chi connectivity index (χ1n) is 22.2. The summed E-state index contributed by atoms with van der Waals surface area (Å²) in [7, 11) is 7.47. The molecule has 1 atom stereocenters. The lowest BCUT2D eigenvalue weighted by Gasteiger charge is -2.43. The maximum absolute atomic E-state index is 13.5. The van der Waals surface area contributed by atoms with Crippen LogP contribution in [0, 0.1) is 5.92 Å². The fourth-order valence-electron chi connectivity index (χ4n) is 10.2. The van der Waals surface area contributed by atoms with Crippen LogP contribution in [0.5, 0.6) is 5.75 Å². The van der Waals surface area contributed by atoms with Gasteiger partial charge in [-0.1, -0.05) is 19.8 Å². The zero-order valence-electron chi connectivity index (χ0n) is 36.4. The fourth-order valence-corrected chi connectivity index (χ4v) is 10.2. The van der Waals surface area contributed by atoms with Crippen LogP contribution in [0.25, 0.3) is 10.9 Å². The highest BCUT2D eigenvalue weighted by Crippen LogP contribution is 2.41. The van der Waals surface area contributed by atoms with Crippen LogP contribution in [-0.2, 0) is 16.6 Å². The van der Waals surface area contributed by atoms with Gasteiger partial charge in [0.05, 0.1) is 24.5 Å². The predicted molar refractivity (Wildman–Crippen MR) is 239 cm³/mol.